The summed E-state index contributed by atoms with van der Waals surface area (Å²) in [5.41, 5.74) is 6.88. The number of hydrogen-bond acceptors (Lipinski definition) is 3. The van der Waals surface area contributed by atoms with Gasteiger partial charge in [0.05, 0.1) is 11.7 Å². The summed E-state index contributed by atoms with van der Waals surface area (Å²) in [5.74, 6) is 0.922. The fraction of sp³-hybridized carbons (Fsp3) is 0.727. The number of imidazole rings is 1. The van der Waals surface area contributed by atoms with Crippen LogP contribution >= 0.6 is 11.6 Å². The summed E-state index contributed by atoms with van der Waals surface area (Å²) < 4.78 is 2.03. The highest BCUT2D eigenvalue weighted by Gasteiger charge is 2.23. The highest BCUT2D eigenvalue weighted by Crippen LogP contribution is 2.26. The SMILES string of the molecule is CCN(CC)C(CN)c1c(Cl)nc(C)n1C. The maximum absolute atomic E-state index is 6.17. The first-order chi connectivity index (χ1) is 7.56. The van der Waals surface area contributed by atoms with Crippen molar-refractivity contribution in [3.05, 3.63) is 16.7 Å². The van der Waals surface area contributed by atoms with E-state index in [0.29, 0.717) is 11.7 Å². The van der Waals surface area contributed by atoms with Gasteiger partial charge in [-0.3, -0.25) is 4.90 Å². The third-order valence-electron chi connectivity index (χ3n) is 3.11. The predicted molar refractivity (Wildman–Crippen MR) is 67.7 cm³/mol. The maximum atomic E-state index is 6.17. The number of aromatic nitrogens is 2. The molecule has 1 heterocycles. The largest absolute Gasteiger partial charge is 0.333 e. The van der Waals surface area contributed by atoms with Crippen molar-refractivity contribution in [3.8, 4) is 0 Å². The second kappa shape index (κ2) is 5.66. The molecule has 0 saturated carbocycles. The van der Waals surface area contributed by atoms with Crippen molar-refractivity contribution in [1.29, 1.82) is 0 Å². The lowest BCUT2D eigenvalue weighted by Gasteiger charge is -2.29. The quantitative estimate of drug-likeness (QED) is 0.858. The van der Waals surface area contributed by atoms with Crippen LogP contribution in [0.25, 0.3) is 0 Å². The average molecular weight is 245 g/mol. The zero-order chi connectivity index (χ0) is 12.3. The van der Waals surface area contributed by atoms with E-state index in [2.05, 4.69) is 23.7 Å². The molecule has 1 atom stereocenters. The van der Waals surface area contributed by atoms with Gasteiger partial charge in [-0.15, -0.1) is 0 Å². The second-order valence-corrected chi connectivity index (χ2v) is 4.22. The van der Waals surface area contributed by atoms with E-state index in [9.17, 15) is 0 Å². The van der Waals surface area contributed by atoms with Crippen molar-refractivity contribution in [1.82, 2.24) is 14.5 Å². The highest BCUT2D eigenvalue weighted by atomic mass is 35.5. The molecule has 0 aliphatic heterocycles. The molecule has 4 nitrogen and oxygen atoms in total. The van der Waals surface area contributed by atoms with E-state index >= 15 is 0 Å². The highest BCUT2D eigenvalue weighted by molar-refractivity contribution is 6.30. The van der Waals surface area contributed by atoms with E-state index in [4.69, 9.17) is 17.3 Å². The van der Waals surface area contributed by atoms with Crippen molar-refractivity contribution in [2.75, 3.05) is 19.6 Å². The van der Waals surface area contributed by atoms with Crippen molar-refractivity contribution >= 4 is 11.6 Å². The standard InChI is InChI=1S/C11H21ClN4/c1-5-16(6-2)9(7-13)10-11(12)14-8(3)15(10)4/h9H,5-7,13H2,1-4H3. The number of likely N-dealkylation sites (N-methyl/N-ethyl adjacent to an activating group) is 1. The molecule has 0 spiro atoms. The zero-order valence-electron chi connectivity index (χ0n) is 10.5. The van der Waals surface area contributed by atoms with Crippen LogP contribution in [0.1, 0.15) is 31.4 Å². The van der Waals surface area contributed by atoms with Gasteiger partial charge < -0.3 is 10.3 Å². The van der Waals surface area contributed by atoms with Crippen molar-refractivity contribution in [3.63, 3.8) is 0 Å². The lowest BCUT2D eigenvalue weighted by atomic mass is 10.2. The van der Waals surface area contributed by atoms with Gasteiger partial charge in [-0.05, 0) is 20.0 Å². The molecule has 2 N–H and O–H groups in total. The Morgan fingerprint density at radius 3 is 2.31 bits per heavy atom. The lowest BCUT2D eigenvalue weighted by molar-refractivity contribution is 0.216. The fourth-order valence-corrected chi connectivity index (χ4v) is 2.42. The Labute approximate surface area is 102 Å². The number of rotatable bonds is 5. The van der Waals surface area contributed by atoms with Gasteiger partial charge in [-0.25, -0.2) is 4.98 Å². The molecule has 0 amide bonds. The van der Waals surface area contributed by atoms with E-state index < -0.39 is 0 Å². The zero-order valence-corrected chi connectivity index (χ0v) is 11.3. The van der Waals surface area contributed by atoms with Crippen molar-refractivity contribution in [2.45, 2.75) is 26.8 Å². The second-order valence-electron chi connectivity index (χ2n) is 3.87. The minimum Gasteiger partial charge on any atom is -0.333 e. The number of hydrogen-bond donors (Lipinski definition) is 1. The Hall–Kier alpha value is -0.580. The molecule has 0 radical (unpaired) electrons. The molecule has 16 heavy (non-hydrogen) atoms. The molecular weight excluding hydrogens is 224 g/mol. The van der Waals surface area contributed by atoms with Crippen LogP contribution in [0.3, 0.4) is 0 Å². The topological polar surface area (TPSA) is 47.1 Å². The number of nitrogens with zero attached hydrogens (tertiary/aromatic N) is 3. The predicted octanol–water partition coefficient (Wildman–Crippen LogP) is 1.72. The molecule has 0 saturated heterocycles. The molecule has 1 aromatic heterocycles. The first-order valence-corrected chi connectivity index (χ1v) is 6.07. The Morgan fingerprint density at radius 2 is 2.00 bits per heavy atom. The summed E-state index contributed by atoms with van der Waals surface area (Å²) >= 11 is 6.17. The van der Waals surface area contributed by atoms with Crippen molar-refractivity contribution in [2.24, 2.45) is 12.8 Å². The monoisotopic (exact) mass is 244 g/mol. The number of halogens is 1. The minimum absolute atomic E-state index is 0.147. The van der Waals surface area contributed by atoms with Crippen LogP contribution in [0.4, 0.5) is 0 Å². The lowest BCUT2D eigenvalue weighted by Crippen LogP contribution is -2.34. The molecule has 1 rings (SSSR count). The van der Waals surface area contributed by atoms with Crippen LogP contribution in [-0.4, -0.2) is 34.1 Å². The van der Waals surface area contributed by atoms with Gasteiger partial charge in [0.25, 0.3) is 0 Å². The molecule has 5 heteroatoms. The van der Waals surface area contributed by atoms with Crippen LogP contribution in [0, 0.1) is 6.92 Å². The molecule has 0 aliphatic carbocycles. The van der Waals surface area contributed by atoms with E-state index in [-0.39, 0.29) is 6.04 Å². The summed E-state index contributed by atoms with van der Waals surface area (Å²) in [6.45, 7) is 8.68. The van der Waals surface area contributed by atoms with Crippen LogP contribution in [-0.2, 0) is 7.05 Å². The molecular formula is C11H21ClN4. The normalized spacial score (nSPS) is 13.4. The van der Waals surface area contributed by atoms with Crippen LogP contribution < -0.4 is 5.73 Å². The van der Waals surface area contributed by atoms with E-state index in [1.54, 1.807) is 0 Å². The van der Waals surface area contributed by atoms with Gasteiger partial charge in [0, 0.05) is 13.6 Å². The van der Waals surface area contributed by atoms with Crippen LogP contribution in [0.15, 0.2) is 0 Å². The Kier molecular flexibility index (Phi) is 4.77. The Morgan fingerprint density at radius 1 is 1.44 bits per heavy atom. The first-order valence-electron chi connectivity index (χ1n) is 5.69. The smallest absolute Gasteiger partial charge is 0.152 e. The van der Waals surface area contributed by atoms with Gasteiger partial charge in [0.1, 0.15) is 5.82 Å². The van der Waals surface area contributed by atoms with Gasteiger partial charge in [-0.2, -0.15) is 0 Å². The molecule has 0 aliphatic rings. The number of aryl methyl sites for hydroxylation is 1. The molecule has 0 aromatic carbocycles. The number of nitrogens with two attached hydrogens (primary N) is 1. The third-order valence-corrected chi connectivity index (χ3v) is 3.39. The van der Waals surface area contributed by atoms with Crippen molar-refractivity contribution < 1.29 is 0 Å². The fourth-order valence-electron chi connectivity index (χ4n) is 2.05. The third kappa shape index (κ3) is 2.39. The molecule has 1 aromatic rings. The van der Waals surface area contributed by atoms with E-state index in [1.807, 2.05) is 18.5 Å². The Bertz CT molecular complexity index is 344. The Balaban J connectivity index is 3.12. The maximum Gasteiger partial charge on any atom is 0.152 e. The van der Waals surface area contributed by atoms with Crippen LogP contribution in [0.2, 0.25) is 5.15 Å². The van der Waals surface area contributed by atoms with Gasteiger partial charge in [0.2, 0.25) is 0 Å². The molecule has 1 unspecified atom stereocenters. The first kappa shape index (κ1) is 13.5. The molecule has 92 valence electrons. The molecule has 0 bridgehead atoms. The van der Waals surface area contributed by atoms with Gasteiger partial charge >= 0.3 is 0 Å². The van der Waals surface area contributed by atoms with Crippen LogP contribution in [0.5, 0.6) is 0 Å². The van der Waals surface area contributed by atoms with E-state index in [1.165, 1.54) is 0 Å². The summed E-state index contributed by atoms with van der Waals surface area (Å²) in [5, 5.41) is 0.572. The van der Waals surface area contributed by atoms with Gasteiger partial charge in [-0.1, -0.05) is 25.4 Å². The average Bonchev–Trinajstić information content (AvgIpc) is 2.51. The van der Waals surface area contributed by atoms with E-state index in [0.717, 1.165) is 24.6 Å². The minimum atomic E-state index is 0.147. The molecule has 0 fully saturated rings. The summed E-state index contributed by atoms with van der Waals surface area (Å²) in [7, 11) is 1.98. The van der Waals surface area contributed by atoms with Gasteiger partial charge in [0.15, 0.2) is 5.15 Å². The summed E-state index contributed by atoms with van der Waals surface area (Å²) in [6.07, 6.45) is 0. The summed E-state index contributed by atoms with van der Waals surface area (Å²) in [4.78, 5) is 6.57. The summed E-state index contributed by atoms with van der Waals surface area (Å²) in [6, 6.07) is 0.147.